The third-order valence-electron chi connectivity index (χ3n) is 7.08. The van der Waals surface area contributed by atoms with Crippen molar-refractivity contribution < 1.29 is 19.4 Å². The first-order chi connectivity index (χ1) is 20.1. The van der Waals surface area contributed by atoms with E-state index < -0.39 is 5.54 Å². The van der Waals surface area contributed by atoms with Crippen LogP contribution in [0.3, 0.4) is 0 Å². The molecule has 1 aliphatic heterocycles. The lowest BCUT2D eigenvalue weighted by molar-refractivity contribution is -0.126. The van der Waals surface area contributed by atoms with Crippen molar-refractivity contribution >= 4 is 22.6 Å². The Kier molecular flexibility index (Phi) is 8.79. The molecule has 1 heterocycles. The fourth-order valence-corrected chi connectivity index (χ4v) is 4.92. The number of hydrogen-bond donors (Lipinski definition) is 2. The van der Waals surface area contributed by atoms with Gasteiger partial charge in [-0.25, -0.2) is 4.99 Å². The molecule has 1 atom stereocenters. The molecule has 1 aliphatic rings. The maximum atomic E-state index is 14.0. The zero-order valence-electron chi connectivity index (χ0n) is 22.6. The summed E-state index contributed by atoms with van der Waals surface area (Å²) in [7, 11) is 0. The summed E-state index contributed by atoms with van der Waals surface area (Å²) in [5.41, 5.74) is 11.1. The molecule has 9 nitrogen and oxygen atoms in total. The highest BCUT2D eigenvalue weighted by molar-refractivity contribution is 6.00. The van der Waals surface area contributed by atoms with E-state index >= 15 is 0 Å². The number of amides is 1. The number of nitrogens with zero attached hydrogens (tertiary/aromatic N) is 4. The van der Waals surface area contributed by atoms with Gasteiger partial charge in [0.2, 0.25) is 5.90 Å². The van der Waals surface area contributed by atoms with E-state index in [9.17, 15) is 4.79 Å². The van der Waals surface area contributed by atoms with Crippen molar-refractivity contribution in [2.45, 2.75) is 31.5 Å². The van der Waals surface area contributed by atoms with Crippen LogP contribution in [0.2, 0.25) is 0 Å². The van der Waals surface area contributed by atoms with Crippen molar-refractivity contribution in [3.8, 4) is 5.75 Å². The number of nitrogens with one attached hydrogen (secondary N) is 1. The number of benzene rings is 4. The standard InChI is InChI=1S/C32H31N5O4/c33-37-35-21-26-9-2-1-8-25(26)19-32(31(39)34-20-27-11-5-10-23-7-3-4-12-29(23)27)22-41-30(36-32)24-13-15-28(16-14-24)40-18-6-17-38/h1-5,7-16,38H,6,17-22H2,(H,34,39)/t32-/m1/s1. The fourth-order valence-electron chi connectivity index (χ4n) is 4.92. The van der Waals surface area contributed by atoms with Crippen LogP contribution in [0.25, 0.3) is 21.2 Å². The van der Waals surface area contributed by atoms with E-state index in [-0.39, 0.29) is 32.1 Å². The third-order valence-corrected chi connectivity index (χ3v) is 7.08. The molecule has 2 N–H and O–H groups in total. The normalized spacial score (nSPS) is 16.0. The van der Waals surface area contributed by atoms with Crippen molar-refractivity contribution in [1.82, 2.24) is 5.32 Å². The summed E-state index contributed by atoms with van der Waals surface area (Å²) in [4.78, 5) is 21.8. The average molecular weight is 550 g/mol. The van der Waals surface area contributed by atoms with Crippen LogP contribution < -0.4 is 10.1 Å². The highest BCUT2D eigenvalue weighted by Crippen LogP contribution is 2.29. The van der Waals surface area contributed by atoms with Crippen LogP contribution in [0.5, 0.6) is 5.75 Å². The zero-order valence-corrected chi connectivity index (χ0v) is 22.6. The summed E-state index contributed by atoms with van der Waals surface area (Å²) >= 11 is 0. The number of aliphatic hydroxyl groups is 1. The molecule has 5 rings (SSSR count). The summed E-state index contributed by atoms with van der Waals surface area (Å²) < 4.78 is 11.7. The van der Waals surface area contributed by atoms with Crippen LogP contribution >= 0.6 is 0 Å². The topological polar surface area (TPSA) is 129 Å². The number of rotatable bonds is 12. The smallest absolute Gasteiger partial charge is 0.252 e. The van der Waals surface area contributed by atoms with Crippen molar-refractivity contribution in [3.63, 3.8) is 0 Å². The molecule has 9 heteroatoms. The highest BCUT2D eigenvalue weighted by Gasteiger charge is 2.44. The van der Waals surface area contributed by atoms with Crippen LogP contribution in [0.1, 0.15) is 28.7 Å². The Labute approximate surface area is 238 Å². The lowest BCUT2D eigenvalue weighted by atomic mass is 9.89. The van der Waals surface area contributed by atoms with Gasteiger partial charge in [0.05, 0.1) is 13.2 Å². The van der Waals surface area contributed by atoms with Gasteiger partial charge in [0.1, 0.15) is 12.4 Å². The van der Waals surface area contributed by atoms with E-state index in [4.69, 9.17) is 25.1 Å². The first-order valence-corrected chi connectivity index (χ1v) is 13.5. The second-order valence-corrected chi connectivity index (χ2v) is 9.84. The third kappa shape index (κ3) is 6.49. The molecule has 0 fully saturated rings. The first-order valence-electron chi connectivity index (χ1n) is 13.5. The van der Waals surface area contributed by atoms with E-state index in [1.807, 2.05) is 91.0 Å². The Morgan fingerprint density at radius 3 is 2.54 bits per heavy atom. The minimum atomic E-state index is -1.22. The molecule has 4 aromatic carbocycles. The van der Waals surface area contributed by atoms with E-state index in [1.165, 1.54) is 0 Å². The van der Waals surface area contributed by atoms with Gasteiger partial charge in [0.25, 0.3) is 5.91 Å². The molecule has 0 aliphatic carbocycles. The number of aliphatic hydroxyl groups excluding tert-OH is 1. The van der Waals surface area contributed by atoms with Crippen LogP contribution in [-0.2, 0) is 29.0 Å². The van der Waals surface area contributed by atoms with Crippen LogP contribution in [0, 0.1) is 0 Å². The summed E-state index contributed by atoms with van der Waals surface area (Å²) in [6.07, 6.45) is 0.826. The molecular weight excluding hydrogens is 518 g/mol. The van der Waals surface area contributed by atoms with Crippen LogP contribution in [0.4, 0.5) is 0 Å². The molecule has 0 aromatic heterocycles. The molecule has 0 saturated carbocycles. The lowest BCUT2D eigenvalue weighted by Crippen LogP contribution is -2.48. The van der Waals surface area contributed by atoms with Gasteiger partial charge in [-0.1, -0.05) is 71.8 Å². The number of azide groups is 1. The second kappa shape index (κ2) is 13.0. The summed E-state index contributed by atoms with van der Waals surface area (Å²) in [6, 6.07) is 29.0. The van der Waals surface area contributed by atoms with Gasteiger partial charge in [-0.2, -0.15) is 0 Å². The van der Waals surface area contributed by atoms with Gasteiger partial charge in [0, 0.05) is 36.5 Å². The summed E-state index contributed by atoms with van der Waals surface area (Å²) in [5.74, 6) is 0.801. The minimum Gasteiger partial charge on any atom is -0.494 e. The molecular formula is C32H31N5O4. The molecule has 0 radical (unpaired) electrons. The number of hydrogen-bond acceptors (Lipinski definition) is 6. The molecule has 208 valence electrons. The van der Waals surface area contributed by atoms with Gasteiger partial charge in [-0.15, -0.1) is 0 Å². The summed E-state index contributed by atoms with van der Waals surface area (Å²) in [6.45, 7) is 1.07. The van der Waals surface area contributed by atoms with E-state index in [2.05, 4.69) is 15.3 Å². The largest absolute Gasteiger partial charge is 0.494 e. The van der Waals surface area contributed by atoms with Crippen LogP contribution in [0.15, 0.2) is 101 Å². The Balaban J connectivity index is 1.43. The predicted molar refractivity (Wildman–Crippen MR) is 158 cm³/mol. The molecule has 0 bridgehead atoms. The van der Waals surface area contributed by atoms with Crippen molar-refractivity contribution in [3.05, 3.63) is 124 Å². The Hall–Kier alpha value is -4.85. The molecule has 4 aromatic rings. The van der Waals surface area contributed by atoms with Crippen LogP contribution in [-0.4, -0.2) is 42.3 Å². The molecule has 41 heavy (non-hydrogen) atoms. The molecule has 1 amide bonds. The predicted octanol–water partition coefficient (Wildman–Crippen LogP) is 5.49. The zero-order chi connectivity index (χ0) is 28.5. The SMILES string of the molecule is [N-]=[N+]=NCc1ccccc1C[C@]1(C(=O)NCc2cccc3ccccc23)COC(c2ccc(OCCCO)cc2)=N1. The maximum Gasteiger partial charge on any atom is 0.252 e. The number of carbonyl (C=O) groups excluding carboxylic acids is 1. The van der Waals surface area contributed by atoms with Crippen molar-refractivity contribution in [1.29, 1.82) is 0 Å². The highest BCUT2D eigenvalue weighted by atomic mass is 16.5. The molecule has 0 unspecified atom stereocenters. The quantitative estimate of drug-likeness (QED) is 0.105. The van der Waals surface area contributed by atoms with Gasteiger partial charge in [-0.3, -0.25) is 4.79 Å². The van der Waals surface area contributed by atoms with E-state index in [0.717, 1.165) is 33.0 Å². The number of carbonyl (C=O) groups is 1. The number of fused-ring (bicyclic) bond motifs is 1. The maximum absolute atomic E-state index is 14.0. The molecule has 0 spiro atoms. The Bertz CT molecular complexity index is 1590. The van der Waals surface area contributed by atoms with Gasteiger partial charge >= 0.3 is 0 Å². The van der Waals surface area contributed by atoms with Gasteiger partial charge in [-0.05, 0) is 57.3 Å². The lowest BCUT2D eigenvalue weighted by Gasteiger charge is -2.24. The van der Waals surface area contributed by atoms with Gasteiger partial charge in [0.15, 0.2) is 5.54 Å². The second-order valence-electron chi connectivity index (χ2n) is 9.84. The monoisotopic (exact) mass is 549 g/mol. The minimum absolute atomic E-state index is 0.0638. The van der Waals surface area contributed by atoms with Crippen molar-refractivity contribution in [2.75, 3.05) is 19.8 Å². The van der Waals surface area contributed by atoms with E-state index in [1.54, 1.807) is 0 Å². The van der Waals surface area contributed by atoms with Gasteiger partial charge < -0.3 is 19.9 Å². The first kappa shape index (κ1) is 27.7. The fraction of sp³-hybridized carbons (Fsp3) is 0.250. The van der Waals surface area contributed by atoms with E-state index in [0.29, 0.717) is 31.2 Å². The Morgan fingerprint density at radius 2 is 1.73 bits per heavy atom. The van der Waals surface area contributed by atoms with Crippen molar-refractivity contribution in [2.24, 2.45) is 10.1 Å². The molecule has 0 saturated heterocycles. The Morgan fingerprint density at radius 1 is 1.00 bits per heavy atom. The number of ether oxygens (including phenoxy) is 2. The summed E-state index contributed by atoms with van der Waals surface area (Å²) in [5, 5.41) is 18.0. The average Bonchev–Trinajstić information content (AvgIpc) is 3.45. The number of aliphatic imine (C=N–C) groups is 1.